The largest absolute Gasteiger partial charge is 0.465 e. The Morgan fingerprint density at radius 2 is 1.24 bits per heavy atom. The molecule has 0 spiro atoms. The molecule has 2 saturated carbocycles. The van der Waals surface area contributed by atoms with Gasteiger partial charge in [-0.25, -0.2) is 24.5 Å². The van der Waals surface area contributed by atoms with Gasteiger partial charge in [0.25, 0.3) is 0 Å². The normalized spacial score (nSPS) is 23.8. The van der Waals surface area contributed by atoms with Crippen LogP contribution in [0.15, 0.2) is 61.1 Å². The molecule has 4 aliphatic rings. The van der Waals surface area contributed by atoms with Crippen LogP contribution in [0.25, 0.3) is 44.8 Å². The van der Waals surface area contributed by atoms with Gasteiger partial charge in [0, 0.05) is 12.1 Å². The summed E-state index contributed by atoms with van der Waals surface area (Å²) in [5.41, 5.74) is 6.59. The van der Waals surface area contributed by atoms with Crippen LogP contribution in [0.1, 0.15) is 77.1 Å². The zero-order valence-corrected chi connectivity index (χ0v) is 33.5. The minimum Gasteiger partial charge on any atom is -0.465 e. The Hall–Kier alpha value is -6.32. The number of alkyl carbamates (subject to hydrolysis) is 1. The number of imidazole rings is 2. The summed E-state index contributed by atoms with van der Waals surface area (Å²) in [5, 5.41) is 14.5. The molecule has 2 aliphatic heterocycles. The molecule has 4 fully saturated rings. The summed E-state index contributed by atoms with van der Waals surface area (Å²) >= 11 is 0. The molecule has 3 aromatic heterocycles. The first-order valence-corrected chi connectivity index (χ1v) is 20.3. The van der Waals surface area contributed by atoms with Crippen molar-refractivity contribution in [2.45, 2.75) is 89.6 Å². The molecular weight excluding hydrogens is 753 g/mol. The van der Waals surface area contributed by atoms with Crippen LogP contribution in [0.4, 0.5) is 9.59 Å². The Morgan fingerprint density at radius 1 is 0.695 bits per heavy atom. The maximum absolute atomic E-state index is 13.8. The fourth-order valence-electron chi connectivity index (χ4n) is 9.15. The summed E-state index contributed by atoms with van der Waals surface area (Å²) in [6, 6.07) is 12.4. The smallest absolute Gasteiger partial charge is 0.407 e. The molecule has 0 bridgehead atoms. The number of piperidine rings is 2. The van der Waals surface area contributed by atoms with Gasteiger partial charge in [0.2, 0.25) is 11.8 Å². The molecule has 5 N–H and O–H groups in total. The van der Waals surface area contributed by atoms with Crippen LogP contribution < -0.4 is 10.6 Å². The van der Waals surface area contributed by atoms with E-state index in [-0.39, 0.29) is 47.8 Å². The highest BCUT2D eigenvalue weighted by Gasteiger charge is 2.57. The van der Waals surface area contributed by atoms with E-state index in [9.17, 15) is 24.3 Å². The number of amides is 4. The Bertz CT molecular complexity index is 2440. The topological polar surface area (TPSA) is 211 Å². The van der Waals surface area contributed by atoms with E-state index < -0.39 is 24.3 Å². The summed E-state index contributed by atoms with van der Waals surface area (Å²) in [6.07, 6.45) is 6.89. The number of rotatable bonds is 11. The molecule has 2 aromatic carbocycles. The molecule has 306 valence electrons. The van der Waals surface area contributed by atoms with Crippen LogP contribution >= 0.6 is 0 Å². The monoisotopic (exact) mass is 800 g/mol. The van der Waals surface area contributed by atoms with Gasteiger partial charge in [0.05, 0.1) is 60.2 Å². The molecule has 16 nitrogen and oxygen atoms in total. The predicted octanol–water partition coefficient (Wildman–Crippen LogP) is 6.07. The zero-order chi connectivity index (χ0) is 41.3. The van der Waals surface area contributed by atoms with Gasteiger partial charge in [-0.1, -0.05) is 58.0 Å². The lowest BCUT2D eigenvalue weighted by molar-refractivity contribution is -0.137. The number of carboxylic acid groups (broad SMARTS) is 1. The highest BCUT2D eigenvalue weighted by Crippen LogP contribution is 2.54. The molecule has 8 atom stereocenters. The molecule has 5 aromatic rings. The number of aromatic nitrogens is 6. The van der Waals surface area contributed by atoms with Crippen molar-refractivity contribution in [2.75, 3.05) is 7.11 Å². The Labute approximate surface area is 340 Å². The van der Waals surface area contributed by atoms with Gasteiger partial charge >= 0.3 is 12.2 Å². The molecule has 16 heteroatoms. The Balaban J connectivity index is 0.883. The van der Waals surface area contributed by atoms with Gasteiger partial charge < -0.3 is 40.2 Å². The number of nitrogens with zero attached hydrogens (tertiary/aromatic N) is 6. The van der Waals surface area contributed by atoms with Gasteiger partial charge in [0.1, 0.15) is 29.4 Å². The fourth-order valence-corrected chi connectivity index (χ4v) is 9.15. The molecular formula is C43H48N10O6. The predicted molar refractivity (Wildman–Crippen MR) is 216 cm³/mol. The van der Waals surface area contributed by atoms with E-state index in [1.807, 2.05) is 74.0 Å². The van der Waals surface area contributed by atoms with Crippen molar-refractivity contribution in [1.29, 1.82) is 0 Å². The lowest BCUT2D eigenvalue weighted by Gasteiger charge is -2.31. The highest BCUT2D eigenvalue weighted by atomic mass is 16.5. The quantitative estimate of drug-likeness (QED) is 0.104. The van der Waals surface area contributed by atoms with Crippen LogP contribution in [0, 0.1) is 23.7 Å². The van der Waals surface area contributed by atoms with Gasteiger partial charge in [-0.2, -0.15) is 0 Å². The van der Waals surface area contributed by atoms with Gasteiger partial charge in [-0.15, -0.1) is 0 Å². The number of ether oxygens (including phenoxy) is 1. The van der Waals surface area contributed by atoms with Crippen molar-refractivity contribution in [2.24, 2.45) is 23.7 Å². The zero-order valence-electron chi connectivity index (χ0n) is 33.5. The summed E-state index contributed by atoms with van der Waals surface area (Å²) < 4.78 is 4.79. The second kappa shape index (κ2) is 14.8. The van der Waals surface area contributed by atoms with Crippen LogP contribution in [-0.4, -0.2) is 100 Å². The molecule has 1 unspecified atom stereocenters. The lowest BCUT2D eigenvalue weighted by atomic mass is 10.0. The maximum Gasteiger partial charge on any atom is 0.407 e. The molecule has 2 aliphatic carbocycles. The number of fused-ring (bicyclic) bond motifs is 3. The number of methoxy groups -OCH3 is 1. The fraction of sp³-hybridized carbons (Fsp3) is 0.442. The van der Waals surface area contributed by atoms with Crippen LogP contribution in [0.5, 0.6) is 0 Å². The van der Waals surface area contributed by atoms with Crippen molar-refractivity contribution < 1.29 is 29.0 Å². The van der Waals surface area contributed by atoms with Crippen LogP contribution in [-0.2, 0) is 14.3 Å². The number of carbonyl (C=O) groups is 4. The third-order valence-electron chi connectivity index (χ3n) is 12.5. The van der Waals surface area contributed by atoms with Crippen molar-refractivity contribution in [1.82, 2.24) is 50.3 Å². The maximum atomic E-state index is 13.8. The number of benzene rings is 2. The summed E-state index contributed by atoms with van der Waals surface area (Å²) in [5.74, 6) is 1.59. The van der Waals surface area contributed by atoms with E-state index in [1.165, 1.54) is 7.11 Å². The number of H-pyrrole nitrogens is 2. The second-order valence-electron chi connectivity index (χ2n) is 17.0. The van der Waals surface area contributed by atoms with E-state index in [2.05, 4.69) is 37.7 Å². The number of hydrogen-bond acceptors (Lipinski definition) is 9. The first-order valence-electron chi connectivity index (χ1n) is 20.3. The number of nitrogens with one attached hydrogen (secondary N) is 4. The summed E-state index contributed by atoms with van der Waals surface area (Å²) in [7, 11) is 1.30. The first-order chi connectivity index (χ1) is 28.4. The molecule has 4 amide bonds. The number of hydrogen-bond donors (Lipinski definition) is 5. The standard InChI is InChI=1S/C43H48N10O6/c1-20(2)36(50-42(56)57)40(54)52-32-13-26(32)16-35(52)39-46-19-31(49-39)30-18-44-28-12-24(10-11-27(28)47-30)22-6-8-23(9-7-22)29-17-45-38(48-29)34-15-25-14-33(25)53(34)41(55)37(21(3)4)51-43(58)59-5/h6-12,17-21,25-26,32-37,50H,13-16H2,1-5H3,(H,45,48)(H,46,49)(H,51,58)(H,56,57)/t25?,26-,32-,33-,34+,35+,36+,37+/m1/s1. The van der Waals surface area contributed by atoms with Crippen molar-refractivity contribution in [3.05, 3.63) is 72.7 Å². The SMILES string of the molecule is COC(=O)N[C@H](C(=O)N1[C@@H]2CC2C[C@H]1c1ncc(-c2ccc(-c3ccc4nc(-c5cnc([C@@H]6C[C@H]7C[C@H]7N6C(=O)[C@@H](NC(=O)O)C(C)C)[nH]5)cnc4c3)cc2)[nH]1)C(C)C. The van der Waals surface area contributed by atoms with Crippen molar-refractivity contribution >= 4 is 35.0 Å². The van der Waals surface area contributed by atoms with E-state index in [0.717, 1.165) is 64.9 Å². The highest BCUT2D eigenvalue weighted by molar-refractivity contribution is 5.88. The average Bonchev–Trinajstić information content (AvgIpc) is 3.81. The van der Waals surface area contributed by atoms with Gasteiger partial charge in [-0.3, -0.25) is 14.6 Å². The first kappa shape index (κ1) is 38.2. The third-order valence-corrected chi connectivity index (χ3v) is 12.5. The Kier molecular flexibility index (Phi) is 9.59. The van der Waals surface area contributed by atoms with E-state index >= 15 is 0 Å². The third kappa shape index (κ3) is 7.14. The molecule has 59 heavy (non-hydrogen) atoms. The van der Waals surface area contributed by atoms with Gasteiger partial charge in [-0.05, 0) is 78.2 Å². The van der Waals surface area contributed by atoms with Gasteiger partial charge in [0.15, 0.2) is 0 Å². The van der Waals surface area contributed by atoms with E-state index in [4.69, 9.17) is 19.7 Å². The second-order valence-corrected chi connectivity index (χ2v) is 17.0. The molecule has 0 radical (unpaired) electrons. The number of aromatic amines is 2. The van der Waals surface area contributed by atoms with E-state index in [0.29, 0.717) is 29.0 Å². The minimum atomic E-state index is -1.21. The summed E-state index contributed by atoms with van der Waals surface area (Å²) in [4.78, 5) is 80.5. The van der Waals surface area contributed by atoms with Crippen molar-refractivity contribution in [3.63, 3.8) is 0 Å². The number of carbonyl (C=O) groups excluding carboxylic acids is 3. The van der Waals surface area contributed by atoms with Crippen LogP contribution in [0.3, 0.4) is 0 Å². The Morgan fingerprint density at radius 3 is 1.81 bits per heavy atom. The lowest BCUT2D eigenvalue weighted by Crippen LogP contribution is -2.52. The van der Waals surface area contributed by atoms with Crippen LogP contribution in [0.2, 0.25) is 0 Å². The number of likely N-dealkylation sites (tertiary alicyclic amines) is 2. The van der Waals surface area contributed by atoms with E-state index in [1.54, 1.807) is 12.4 Å². The van der Waals surface area contributed by atoms with Crippen molar-refractivity contribution in [3.8, 4) is 33.8 Å². The minimum absolute atomic E-state index is 0.0990. The molecule has 5 heterocycles. The summed E-state index contributed by atoms with van der Waals surface area (Å²) in [6.45, 7) is 7.50. The molecule has 2 saturated heterocycles. The molecule has 9 rings (SSSR count). The average molecular weight is 801 g/mol.